The van der Waals surface area contributed by atoms with E-state index in [0.717, 1.165) is 74.4 Å². The van der Waals surface area contributed by atoms with Crippen LogP contribution >= 0.6 is 0 Å². The molecule has 8 aromatic rings. The lowest BCUT2D eigenvalue weighted by Crippen LogP contribution is -2.25. The monoisotopic (exact) mass is 1060 g/mol. The van der Waals surface area contributed by atoms with Crippen molar-refractivity contribution in [3.63, 3.8) is 0 Å². The summed E-state index contributed by atoms with van der Waals surface area (Å²) in [5.41, 5.74) is 6.42. The average molecular weight is 1060 g/mol. The van der Waals surface area contributed by atoms with Crippen LogP contribution in [0.15, 0.2) is 82.7 Å². The fraction of sp³-hybridized carbons (Fsp3) is 0.462. The standard InChI is InChI=1S/2C26H30N10O3/c1-26(2,3)23(37)38-15-36-14-21(31-34-36)17-6-8-35(13-17)25-33-32-22(39-25)18-11-28-24(29-12-18)30-19-9-16-5-4-7-27-20(16)10-19;1-26(2,23(37)38)6-9-36-15-21(31-34-36)17-5-8-35(14-17)25-33-32-22(39-25)18-12-28-24(29-13-18)30-19-10-16-4-3-7-27-20(16)11-19/h4-5,7,11-12,14,17,19H,6,8-10,13,15H2,1-3H3,(H,28,29,30);3-4,7,12-13,15,17,19H,5-6,8-11,14H2,1-2H3,(H,37,38)(H,28,29,30). The molecule has 26 nitrogen and oxygen atoms in total. The van der Waals surface area contributed by atoms with Gasteiger partial charge in [-0.2, -0.15) is 0 Å². The molecular formula is C52H60N20O6. The zero-order valence-corrected chi connectivity index (χ0v) is 44.0. The topological polar surface area (TPSA) is 311 Å². The van der Waals surface area contributed by atoms with E-state index in [9.17, 15) is 14.7 Å². The molecule has 0 amide bonds. The molecule has 404 valence electrons. The minimum absolute atomic E-state index is 0.0362. The van der Waals surface area contributed by atoms with Crippen molar-refractivity contribution < 1.29 is 28.3 Å². The van der Waals surface area contributed by atoms with Gasteiger partial charge in [0, 0.05) is 124 Å². The number of aliphatic carboxylic acids is 1. The summed E-state index contributed by atoms with van der Waals surface area (Å²) >= 11 is 0. The summed E-state index contributed by atoms with van der Waals surface area (Å²) in [6, 6.07) is 9.48. The summed E-state index contributed by atoms with van der Waals surface area (Å²) in [6.45, 7) is 12.2. The first-order chi connectivity index (χ1) is 37.7. The minimum Gasteiger partial charge on any atom is -0.481 e. The van der Waals surface area contributed by atoms with Crippen molar-refractivity contribution >= 4 is 35.9 Å². The molecule has 0 radical (unpaired) electrons. The van der Waals surface area contributed by atoms with E-state index < -0.39 is 16.8 Å². The first-order valence-electron chi connectivity index (χ1n) is 26.1. The number of carboxylic acid groups (broad SMARTS) is 1. The highest BCUT2D eigenvalue weighted by molar-refractivity contribution is 5.75. The summed E-state index contributed by atoms with van der Waals surface area (Å²) in [6.07, 6.45) is 19.8. The number of ether oxygens (including phenoxy) is 1. The molecule has 2 aliphatic carbocycles. The molecule has 0 spiro atoms. The van der Waals surface area contributed by atoms with Crippen molar-refractivity contribution in [1.82, 2.24) is 80.3 Å². The number of nitrogens with one attached hydrogen (secondary N) is 2. The van der Waals surface area contributed by atoms with Gasteiger partial charge in [0.05, 0.1) is 39.5 Å². The third kappa shape index (κ3) is 11.8. The van der Waals surface area contributed by atoms with Crippen LogP contribution in [0.3, 0.4) is 0 Å². The summed E-state index contributed by atoms with van der Waals surface area (Å²) in [4.78, 5) is 54.1. The van der Waals surface area contributed by atoms with Gasteiger partial charge in [0.1, 0.15) is 0 Å². The quantitative estimate of drug-likeness (QED) is 0.104. The molecule has 2 fully saturated rings. The Labute approximate surface area is 447 Å². The zero-order valence-electron chi connectivity index (χ0n) is 44.0. The number of aromatic nitrogens is 16. The number of nitrogens with zero attached hydrogens (tertiary/aromatic N) is 18. The van der Waals surface area contributed by atoms with Crippen LogP contribution in [0.4, 0.5) is 23.9 Å². The average Bonchev–Trinajstić information content (AvgIpc) is 4.33. The van der Waals surface area contributed by atoms with Crippen LogP contribution in [0.5, 0.6) is 0 Å². The van der Waals surface area contributed by atoms with Gasteiger partial charge in [-0.3, -0.25) is 24.2 Å². The molecule has 12 rings (SSSR count). The van der Waals surface area contributed by atoms with Crippen molar-refractivity contribution in [2.24, 2.45) is 10.8 Å². The summed E-state index contributed by atoms with van der Waals surface area (Å²) in [7, 11) is 0. The first-order valence-corrected chi connectivity index (χ1v) is 26.1. The fourth-order valence-electron chi connectivity index (χ4n) is 9.71. The summed E-state index contributed by atoms with van der Waals surface area (Å²) in [5.74, 6) is 1.06. The Bertz CT molecular complexity index is 3320. The maximum Gasteiger partial charge on any atom is 0.318 e. The van der Waals surface area contributed by atoms with Crippen molar-refractivity contribution in [1.29, 1.82) is 0 Å². The van der Waals surface area contributed by atoms with Gasteiger partial charge in [-0.05, 0) is 90.0 Å². The van der Waals surface area contributed by atoms with E-state index >= 15 is 0 Å². The number of carbonyl (C=O) groups is 2. The Morgan fingerprint density at radius 1 is 0.654 bits per heavy atom. The Balaban J connectivity index is 0.000000165. The molecule has 0 bridgehead atoms. The van der Waals surface area contributed by atoms with Crippen LogP contribution in [-0.4, -0.2) is 136 Å². The van der Waals surface area contributed by atoms with E-state index in [2.05, 4.69) is 93.7 Å². The van der Waals surface area contributed by atoms with E-state index in [0.29, 0.717) is 72.9 Å². The van der Waals surface area contributed by atoms with Crippen LogP contribution < -0.4 is 20.4 Å². The number of carboxylic acids is 1. The molecular weight excluding hydrogens is 1000 g/mol. The van der Waals surface area contributed by atoms with Gasteiger partial charge in [0.2, 0.25) is 11.9 Å². The largest absolute Gasteiger partial charge is 0.481 e. The third-order valence-electron chi connectivity index (χ3n) is 14.4. The smallest absolute Gasteiger partial charge is 0.318 e. The predicted molar refractivity (Wildman–Crippen MR) is 280 cm³/mol. The maximum absolute atomic E-state index is 12.0. The molecule has 26 heteroatoms. The van der Waals surface area contributed by atoms with E-state index in [1.807, 2.05) is 67.5 Å². The maximum atomic E-state index is 12.0. The molecule has 8 aromatic heterocycles. The van der Waals surface area contributed by atoms with Gasteiger partial charge >= 0.3 is 24.0 Å². The molecule has 4 atom stereocenters. The van der Waals surface area contributed by atoms with E-state index in [1.165, 1.54) is 15.8 Å². The molecule has 0 aromatic carbocycles. The number of anilines is 4. The summed E-state index contributed by atoms with van der Waals surface area (Å²) < 4.78 is 20.5. The molecule has 2 aliphatic heterocycles. The number of hydrogen-bond acceptors (Lipinski definition) is 23. The van der Waals surface area contributed by atoms with Crippen molar-refractivity contribution in [3.05, 3.63) is 108 Å². The lowest BCUT2D eigenvalue weighted by Gasteiger charge is -2.18. The number of rotatable bonds is 16. The normalized spacial score (nSPS) is 18.8. The van der Waals surface area contributed by atoms with Gasteiger partial charge in [-0.25, -0.2) is 24.6 Å². The third-order valence-corrected chi connectivity index (χ3v) is 14.4. The van der Waals surface area contributed by atoms with Gasteiger partial charge in [-0.15, -0.1) is 20.4 Å². The molecule has 3 N–H and O–H groups in total. The molecule has 78 heavy (non-hydrogen) atoms. The second-order valence-electron chi connectivity index (χ2n) is 21.8. The van der Waals surface area contributed by atoms with Crippen LogP contribution in [0.2, 0.25) is 0 Å². The number of carbonyl (C=O) groups excluding carboxylic acids is 1. The number of hydrogen-bond donors (Lipinski definition) is 3. The predicted octanol–water partition coefficient (Wildman–Crippen LogP) is 5.22. The Morgan fingerprint density at radius 2 is 1.14 bits per heavy atom. The molecule has 4 unspecified atom stereocenters. The Morgan fingerprint density at radius 3 is 1.62 bits per heavy atom. The van der Waals surface area contributed by atoms with Crippen molar-refractivity contribution in [2.75, 3.05) is 46.6 Å². The molecule has 2 saturated heterocycles. The van der Waals surface area contributed by atoms with Crippen LogP contribution in [-0.2, 0) is 53.3 Å². The van der Waals surface area contributed by atoms with E-state index in [1.54, 1.807) is 43.3 Å². The highest BCUT2D eigenvalue weighted by Gasteiger charge is 2.33. The van der Waals surface area contributed by atoms with Gasteiger partial charge in [0.25, 0.3) is 11.8 Å². The number of aryl methyl sites for hydroxylation is 1. The van der Waals surface area contributed by atoms with Gasteiger partial charge in [-0.1, -0.05) is 32.8 Å². The van der Waals surface area contributed by atoms with E-state index in [4.69, 9.17) is 13.6 Å². The Kier molecular flexibility index (Phi) is 14.2. The number of pyridine rings is 2. The molecule has 0 saturated carbocycles. The number of esters is 1. The Hall–Kier alpha value is -8.84. The lowest BCUT2D eigenvalue weighted by molar-refractivity contribution is -0.157. The van der Waals surface area contributed by atoms with Gasteiger partial charge < -0.3 is 39.1 Å². The van der Waals surface area contributed by atoms with Crippen molar-refractivity contribution in [3.8, 4) is 22.9 Å². The number of fused-ring (bicyclic) bond motifs is 2. The highest BCUT2D eigenvalue weighted by atomic mass is 16.5. The first kappa shape index (κ1) is 51.3. The minimum atomic E-state index is -0.819. The van der Waals surface area contributed by atoms with E-state index in [-0.39, 0.29) is 36.6 Å². The SMILES string of the molecule is CC(C)(C)C(=O)OCn1cc(C2CCN(c3nnc(-c4cnc(NC5Cc6cccnc6C5)nc4)o3)C2)nn1.CC(C)(CCn1cc(C2CCN(c3nnc(-c4cnc(NC5Cc6cccnc6C5)nc4)o3)C2)nn1)C(=O)O. The summed E-state index contributed by atoms with van der Waals surface area (Å²) in [5, 5.41) is 49.9. The van der Waals surface area contributed by atoms with Crippen molar-refractivity contribution in [2.45, 2.75) is 117 Å². The van der Waals surface area contributed by atoms with Crippen LogP contribution in [0.1, 0.15) is 99.6 Å². The molecule has 4 aliphatic rings. The van der Waals surface area contributed by atoms with Crippen LogP contribution in [0.25, 0.3) is 22.9 Å². The second kappa shape index (κ2) is 21.7. The second-order valence-corrected chi connectivity index (χ2v) is 21.8. The van der Waals surface area contributed by atoms with Crippen LogP contribution in [0, 0.1) is 10.8 Å². The fourth-order valence-corrected chi connectivity index (χ4v) is 9.71. The highest BCUT2D eigenvalue weighted by Crippen LogP contribution is 2.33. The molecule has 10 heterocycles. The zero-order chi connectivity index (χ0) is 54.0. The lowest BCUT2D eigenvalue weighted by atomic mass is 9.90. The van der Waals surface area contributed by atoms with Gasteiger partial charge in [0.15, 0.2) is 6.73 Å².